The second kappa shape index (κ2) is 29.3. The highest BCUT2D eigenvalue weighted by molar-refractivity contribution is 5.67. The van der Waals surface area contributed by atoms with E-state index in [1.165, 1.54) is 83.5 Å². The summed E-state index contributed by atoms with van der Waals surface area (Å²) < 4.78 is 27.2. The molecule has 0 aliphatic heterocycles. The molecule has 0 bridgehead atoms. The van der Waals surface area contributed by atoms with Gasteiger partial charge in [0.05, 0.1) is 46.2 Å². The molecule has 0 atom stereocenters. The Kier molecular flexibility index (Phi) is 26.6. The molecule has 0 heterocycles. The Bertz CT molecular complexity index is 630. The first-order valence-corrected chi connectivity index (χ1v) is 15.6. The van der Waals surface area contributed by atoms with E-state index in [1.54, 1.807) is 0 Å². The van der Waals surface area contributed by atoms with Crippen LogP contribution in [-0.2, 0) is 30.3 Å². The standard InChI is InChI=1S/C32H57NO6/c1-2-3-4-5-6-7-8-9-10-11-12-13-14-18-22-35-24-26-37-28-29-38-27-25-36-23-21-33-32(34)39-30-31-19-16-15-17-20-31/h15-17,19-20H,2-14,18,21-30H2,1H3,(H,33,34). The van der Waals surface area contributed by atoms with E-state index in [9.17, 15) is 4.79 Å². The number of carbonyl (C=O) groups is 1. The Morgan fingerprint density at radius 3 is 1.51 bits per heavy atom. The normalized spacial score (nSPS) is 11.1. The molecule has 1 rings (SSSR count). The molecule has 0 radical (unpaired) electrons. The molecule has 0 aliphatic carbocycles. The van der Waals surface area contributed by atoms with Gasteiger partial charge in [0.15, 0.2) is 0 Å². The molecule has 7 nitrogen and oxygen atoms in total. The highest BCUT2D eigenvalue weighted by atomic mass is 16.6. The van der Waals surface area contributed by atoms with Crippen LogP contribution in [0.1, 0.15) is 102 Å². The Hall–Kier alpha value is -1.67. The van der Waals surface area contributed by atoms with Gasteiger partial charge in [0.1, 0.15) is 6.61 Å². The van der Waals surface area contributed by atoms with Crippen LogP contribution in [0.5, 0.6) is 0 Å². The molecule has 1 aromatic carbocycles. The van der Waals surface area contributed by atoms with Crippen molar-refractivity contribution < 1.29 is 28.5 Å². The van der Waals surface area contributed by atoms with Crippen molar-refractivity contribution in [2.45, 2.75) is 103 Å². The molecule has 0 saturated heterocycles. The third-order valence-corrected chi connectivity index (χ3v) is 6.49. The smallest absolute Gasteiger partial charge is 0.407 e. The summed E-state index contributed by atoms with van der Waals surface area (Å²) in [6, 6.07) is 9.58. The van der Waals surface area contributed by atoms with E-state index in [4.69, 9.17) is 23.7 Å². The molecule has 0 aliphatic rings. The zero-order chi connectivity index (χ0) is 27.9. The van der Waals surface area contributed by atoms with Crippen LogP contribution in [0, 0.1) is 0 Å². The molecule has 1 amide bonds. The Morgan fingerprint density at radius 1 is 0.564 bits per heavy atom. The number of hydrogen-bond donors (Lipinski definition) is 1. The minimum Gasteiger partial charge on any atom is -0.445 e. The maximum absolute atomic E-state index is 11.6. The van der Waals surface area contributed by atoms with Crippen LogP contribution in [-0.4, -0.2) is 65.5 Å². The van der Waals surface area contributed by atoms with Crippen LogP contribution in [0.25, 0.3) is 0 Å². The number of nitrogens with one attached hydrogen (secondary N) is 1. The number of amides is 1. The van der Waals surface area contributed by atoms with Gasteiger partial charge in [-0.25, -0.2) is 4.79 Å². The maximum Gasteiger partial charge on any atom is 0.407 e. The largest absolute Gasteiger partial charge is 0.445 e. The molecule has 226 valence electrons. The number of rotatable bonds is 29. The van der Waals surface area contributed by atoms with E-state index in [0.29, 0.717) is 52.8 Å². The zero-order valence-corrected chi connectivity index (χ0v) is 24.8. The van der Waals surface area contributed by atoms with E-state index >= 15 is 0 Å². The van der Waals surface area contributed by atoms with Gasteiger partial charge in [0.2, 0.25) is 0 Å². The van der Waals surface area contributed by atoms with Crippen molar-refractivity contribution in [2.75, 3.05) is 59.4 Å². The number of benzene rings is 1. The summed E-state index contributed by atoms with van der Waals surface area (Å²) >= 11 is 0. The number of ether oxygens (including phenoxy) is 5. The molecule has 39 heavy (non-hydrogen) atoms. The lowest BCUT2D eigenvalue weighted by molar-refractivity contribution is -0.00182. The zero-order valence-electron chi connectivity index (χ0n) is 24.8. The fraction of sp³-hybridized carbons (Fsp3) is 0.781. The van der Waals surface area contributed by atoms with Gasteiger partial charge in [0.25, 0.3) is 0 Å². The number of alkyl carbamates (subject to hydrolysis) is 1. The first-order valence-electron chi connectivity index (χ1n) is 15.6. The van der Waals surface area contributed by atoms with E-state index in [1.807, 2.05) is 30.3 Å². The third kappa shape index (κ3) is 26.3. The average Bonchev–Trinajstić information content (AvgIpc) is 2.96. The number of hydrogen-bond acceptors (Lipinski definition) is 6. The van der Waals surface area contributed by atoms with Crippen LogP contribution in [0.4, 0.5) is 4.79 Å². The lowest BCUT2D eigenvalue weighted by Crippen LogP contribution is -2.28. The molecule has 1 aromatic rings. The number of carbonyl (C=O) groups excluding carboxylic acids is 1. The van der Waals surface area contributed by atoms with Gasteiger partial charge in [-0.05, 0) is 12.0 Å². The molecule has 0 fully saturated rings. The van der Waals surface area contributed by atoms with Gasteiger partial charge in [-0.3, -0.25) is 0 Å². The summed E-state index contributed by atoms with van der Waals surface area (Å²) in [6.45, 7) is 7.48. The van der Waals surface area contributed by atoms with Gasteiger partial charge in [-0.15, -0.1) is 0 Å². The van der Waals surface area contributed by atoms with Gasteiger partial charge in [-0.2, -0.15) is 0 Å². The van der Waals surface area contributed by atoms with E-state index < -0.39 is 6.09 Å². The first kappa shape index (κ1) is 35.4. The average molecular weight is 552 g/mol. The van der Waals surface area contributed by atoms with Crippen molar-refractivity contribution in [2.24, 2.45) is 0 Å². The number of unbranched alkanes of at least 4 members (excludes halogenated alkanes) is 13. The van der Waals surface area contributed by atoms with Gasteiger partial charge in [0, 0.05) is 13.2 Å². The third-order valence-electron chi connectivity index (χ3n) is 6.49. The summed E-state index contributed by atoms with van der Waals surface area (Å²) in [5.41, 5.74) is 0.956. The molecular weight excluding hydrogens is 494 g/mol. The minimum absolute atomic E-state index is 0.259. The second-order valence-corrected chi connectivity index (χ2v) is 10.0. The first-order chi connectivity index (χ1) is 19.3. The molecule has 0 saturated carbocycles. The lowest BCUT2D eigenvalue weighted by Gasteiger charge is -2.09. The summed E-state index contributed by atoms with van der Waals surface area (Å²) in [5, 5.41) is 2.66. The van der Waals surface area contributed by atoms with Crippen molar-refractivity contribution in [3.63, 3.8) is 0 Å². The molecule has 1 N–H and O–H groups in total. The molecule has 0 unspecified atom stereocenters. The summed E-state index contributed by atoms with van der Waals surface area (Å²) in [7, 11) is 0. The second-order valence-electron chi connectivity index (χ2n) is 10.0. The summed E-state index contributed by atoms with van der Waals surface area (Å²) in [5.74, 6) is 0. The van der Waals surface area contributed by atoms with Crippen molar-refractivity contribution in [1.29, 1.82) is 0 Å². The van der Waals surface area contributed by atoms with Crippen LogP contribution in [0.3, 0.4) is 0 Å². The van der Waals surface area contributed by atoms with Crippen molar-refractivity contribution in [1.82, 2.24) is 5.32 Å². The highest BCUT2D eigenvalue weighted by Gasteiger charge is 2.01. The van der Waals surface area contributed by atoms with Gasteiger partial charge in [-0.1, -0.05) is 121 Å². The van der Waals surface area contributed by atoms with Gasteiger partial charge < -0.3 is 29.0 Å². The van der Waals surface area contributed by atoms with Crippen molar-refractivity contribution in [3.05, 3.63) is 35.9 Å². The van der Waals surface area contributed by atoms with E-state index in [0.717, 1.165) is 18.6 Å². The molecular formula is C32H57NO6. The quantitative estimate of drug-likeness (QED) is 0.104. The van der Waals surface area contributed by atoms with Crippen molar-refractivity contribution in [3.8, 4) is 0 Å². The van der Waals surface area contributed by atoms with Crippen LogP contribution < -0.4 is 5.32 Å². The van der Waals surface area contributed by atoms with E-state index in [2.05, 4.69) is 12.2 Å². The predicted octanol–water partition coefficient (Wildman–Crippen LogP) is 7.46. The molecule has 7 heteroatoms. The SMILES string of the molecule is CCCCCCCCCCCCCCCCOCCOCCOCCOCCNC(=O)OCc1ccccc1. The van der Waals surface area contributed by atoms with Crippen LogP contribution >= 0.6 is 0 Å². The molecule has 0 aromatic heterocycles. The predicted molar refractivity (Wildman–Crippen MR) is 158 cm³/mol. The lowest BCUT2D eigenvalue weighted by atomic mass is 10.0. The Morgan fingerprint density at radius 2 is 1.00 bits per heavy atom. The van der Waals surface area contributed by atoms with Crippen molar-refractivity contribution >= 4 is 6.09 Å². The summed E-state index contributed by atoms with van der Waals surface area (Å²) in [6.07, 6.45) is 18.8. The van der Waals surface area contributed by atoms with Crippen LogP contribution in [0.15, 0.2) is 30.3 Å². The Labute approximate surface area is 238 Å². The topological polar surface area (TPSA) is 75.3 Å². The fourth-order valence-corrected chi connectivity index (χ4v) is 4.16. The van der Waals surface area contributed by atoms with Crippen LogP contribution in [0.2, 0.25) is 0 Å². The molecule has 0 spiro atoms. The summed E-state index contributed by atoms with van der Waals surface area (Å²) in [4.78, 5) is 11.6. The maximum atomic E-state index is 11.6. The fourth-order valence-electron chi connectivity index (χ4n) is 4.16. The van der Waals surface area contributed by atoms with E-state index in [-0.39, 0.29) is 6.61 Å². The monoisotopic (exact) mass is 551 g/mol. The van der Waals surface area contributed by atoms with Gasteiger partial charge >= 0.3 is 6.09 Å². The Balaban J connectivity index is 1.66. The minimum atomic E-state index is -0.445. The highest BCUT2D eigenvalue weighted by Crippen LogP contribution is 2.13.